The fourth-order valence-corrected chi connectivity index (χ4v) is 1.73. The van der Waals surface area contributed by atoms with Gasteiger partial charge in [-0.2, -0.15) is 5.10 Å². The molecule has 0 unspecified atom stereocenters. The van der Waals surface area contributed by atoms with Crippen LogP contribution >= 0.6 is 23.8 Å². The molecule has 1 atom stereocenters. The van der Waals surface area contributed by atoms with Gasteiger partial charge in [-0.3, -0.25) is 5.43 Å². The summed E-state index contributed by atoms with van der Waals surface area (Å²) in [5, 5.41) is 8.14. The van der Waals surface area contributed by atoms with E-state index in [4.69, 9.17) is 28.6 Å². The van der Waals surface area contributed by atoms with Crippen molar-refractivity contribution in [1.29, 1.82) is 0 Å². The summed E-state index contributed by atoms with van der Waals surface area (Å²) < 4.78 is 4.99. The van der Waals surface area contributed by atoms with Gasteiger partial charge in [0.15, 0.2) is 5.11 Å². The van der Waals surface area contributed by atoms with Gasteiger partial charge < -0.3 is 10.1 Å². The lowest BCUT2D eigenvalue weighted by atomic mass is 10.2. The van der Waals surface area contributed by atoms with Crippen LogP contribution in [0.5, 0.6) is 0 Å². The molecule has 0 spiro atoms. The standard InChI is InChI=1S/C12H16ClN3OS/c1-9(8-17-2)15-12(18)16-14-7-10-5-3-4-6-11(10)13/h3-7,9H,8H2,1-2H3,(H2,15,16,18)/b14-7-/t9-/m1/s1. The number of methoxy groups -OCH3 is 1. The fourth-order valence-electron chi connectivity index (χ4n) is 1.29. The van der Waals surface area contributed by atoms with Crippen LogP contribution in [-0.2, 0) is 4.74 Å². The van der Waals surface area contributed by atoms with Crippen LogP contribution in [0.15, 0.2) is 29.4 Å². The maximum Gasteiger partial charge on any atom is 0.187 e. The highest BCUT2D eigenvalue weighted by Crippen LogP contribution is 2.11. The van der Waals surface area contributed by atoms with Gasteiger partial charge in [-0.25, -0.2) is 0 Å². The minimum absolute atomic E-state index is 0.130. The van der Waals surface area contributed by atoms with Crippen molar-refractivity contribution in [3.8, 4) is 0 Å². The molecule has 1 rings (SSSR count). The Morgan fingerprint density at radius 1 is 1.56 bits per heavy atom. The average molecular weight is 286 g/mol. The number of nitrogens with zero attached hydrogens (tertiary/aromatic N) is 1. The van der Waals surface area contributed by atoms with Crippen molar-refractivity contribution in [3.05, 3.63) is 34.9 Å². The number of hydrazone groups is 1. The first-order chi connectivity index (χ1) is 8.63. The van der Waals surface area contributed by atoms with Gasteiger partial charge in [-0.05, 0) is 25.2 Å². The molecule has 2 N–H and O–H groups in total. The van der Waals surface area contributed by atoms with Crippen molar-refractivity contribution >= 4 is 35.1 Å². The van der Waals surface area contributed by atoms with Crippen LogP contribution in [0.2, 0.25) is 5.02 Å². The summed E-state index contributed by atoms with van der Waals surface area (Å²) in [7, 11) is 1.64. The number of hydrogen-bond acceptors (Lipinski definition) is 3. The predicted molar refractivity (Wildman–Crippen MR) is 79.3 cm³/mol. The Kier molecular flexibility index (Phi) is 6.64. The van der Waals surface area contributed by atoms with Gasteiger partial charge in [0.1, 0.15) is 0 Å². The number of benzene rings is 1. The third-order valence-corrected chi connectivity index (χ3v) is 2.62. The first kappa shape index (κ1) is 14.9. The summed E-state index contributed by atoms with van der Waals surface area (Å²) in [6, 6.07) is 7.57. The van der Waals surface area contributed by atoms with Crippen LogP contribution in [0.4, 0.5) is 0 Å². The Labute approximate surface area is 117 Å². The number of rotatable bonds is 5. The minimum atomic E-state index is 0.130. The van der Waals surface area contributed by atoms with E-state index in [2.05, 4.69) is 15.8 Å². The summed E-state index contributed by atoms with van der Waals surface area (Å²) in [4.78, 5) is 0. The van der Waals surface area contributed by atoms with E-state index in [1.807, 2.05) is 25.1 Å². The molecular formula is C12H16ClN3OS. The molecule has 0 aliphatic heterocycles. The van der Waals surface area contributed by atoms with Gasteiger partial charge in [-0.15, -0.1) is 0 Å². The van der Waals surface area contributed by atoms with Crippen LogP contribution in [-0.4, -0.2) is 31.1 Å². The molecule has 0 amide bonds. The maximum absolute atomic E-state index is 5.98. The Morgan fingerprint density at radius 3 is 2.94 bits per heavy atom. The van der Waals surface area contributed by atoms with Gasteiger partial charge in [0.2, 0.25) is 0 Å². The molecule has 0 saturated carbocycles. The van der Waals surface area contributed by atoms with Crippen molar-refractivity contribution in [2.75, 3.05) is 13.7 Å². The van der Waals surface area contributed by atoms with Crippen LogP contribution in [0.1, 0.15) is 12.5 Å². The highest BCUT2D eigenvalue weighted by Gasteiger charge is 2.01. The number of halogens is 1. The van der Waals surface area contributed by atoms with Gasteiger partial charge in [0, 0.05) is 23.7 Å². The highest BCUT2D eigenvalue weighted by molar-refractivity contribution is 7.80. The maximum atomic E-state index is 5.98. The monoisotopic (exact) mass is 285 g/mol. The molecule has 0 aromatic heterocycles. The molecule has 4 nitrogen and oxygen atoms in total. The fraction of sp³-hybridized carbons (Fsp3) is 0.333. The lowest BCUT2D eigenvalue weighted by Crippen LogP contribution is -2.40. The molecular weight excluding hydrogens is 270 g/mol. The minimum Gasteiger partial charge on any atom is -0.383 e. The molecule has 0 saturated heterocycles. The summed E-state index contributed by atoms with van der Waals surface area (Å²) >= 11 is 11.0. The van der Waals surface area contributed by atoms with E-state index < -0.39 is 0 Å². The zero-order valence-corrected chi connectivity index (χ0v) is 11.9. The van der Waals surface area contributed by atoms with E-state index in [-0.39, 0.29) is 6.04 Å². The Bertz CT molecular complexity index is 426. The normalized spacial score (nSPS) is 12.4. The number of nitrogens with one attached hydrogen (secondary N) is 2. The van der Waals surface area contributed by atoms with E-state index in [0.717, 1.165) is 5.56 Å². The second-order valence-corrected chi connectivity index (χ2v) is 4.54. The van der Waals surface area contributed by atoms with Crippen LogP contribution in [0.3, 0.4) is 0 Å². The Hall–Kier alpha value is -1.17. The largest absolute Gasteiger partial charge is 0.383 e. The summed E-state index contributed by atoms with van der Waals surface area (Å²) in [5.41, 5.74) is 3.56. The molecule has 98 valence electrons. The zero-order chi connectivity index (χ0) is 13.4. The zero-order valence-electron chi connectivity index (χ0n) is 10.3. The molecule has 6 heteroatoms. The first-order valence-corrected chi connectivity index (χ1v) is 6.25. The molecule has 1 aromatic rings. The van der Waals surface area contributed by atoms with E-state index in [0.29, 0.717) is 16.7 Å². The van der Waals surface area contributed by atoms with Gasteiger partial charge in [0.05, 0.1) is 12.8 Å². The molecule has 0 heterocycles. The molecule has 0 fully saturated rings. The second kappa shape index (κ2) is 8.02. The molecule has 1 aromatic carbocycles. The summed E-state index contributed by atoms with van der Waals surface area (Å²) in [6.45, 7) is 2.55. The molecule has 0 radical (unpaired) electrons. The van der Waals surface area contributed by atoms with Crippen molar-refractivity contribution in [3.63, 3.8) is 0 Å². The quantitative estimate of drug-likeness (QED) is 0.494. The summed E-state index contributed by atoms with van der Waals surface area (Å²) in [6.07, 6.45) is 1.62. The summed E-state index contributed by atoms with van der Waals surface area (Å²) in [5.74, 6) is 0. The van der Waals surface area contributed by atoms with Crippen molar-refractivity contribution in [2.45, 2.75) is 13.0 Å². The SMILES string of the molecule is COC[C@@H](C)NC(=S)N/N=C\c1ccccc1Cl. The van der Waals surface area contributed by atoms with E-state index in [9.17, 15) is 0 Å². The Balaban J connectivity index is 2.41. The van der Waals surface area contributed by atoms with E-state index >= 15 is 0 Å². The molecule has 18 heavy (non-hydrogen) atoms. The van der Waals surface area contributed by atoms with Gasteiger partial charge in [-0.1, -0.05) is 29.8 Å². The first-order valence-electron chi connectivity index (χ1n) is 5.46. The second-order valence-electron chi connectivity index (χ2n) is 3.72. The number of thiocarbonyl (C=S) groups is 1. The highest BCUT2D eigenvalue weighted by atomic mass is 35.5. The van der Waals surface area contributed by atoms with Gasteiger partial charge >= 0.3 is 0 Å². The van der Waals surface area contributed by atoms with Crippen LogP contribution in [0.25, 0.3) is 0 Å². The van der Waals surface area contributed by atoms with Crippen molar-refractivity contribution < 1.29 is 4.74 Å². The Morgan fingerprint density at radius 2 is 2.28 bits per heavy atom. The topological polar surface area (TPSA) is 45.6 Å². The number of ether oxygens (including phenoxy) is 1. The molecule has 0 bridgehead atoms. The van der Waals surface area contributed by atoms with Crippen LogP contribution < -0.4 is 10.7 Å². The van der Waals surface area contributed by atoms with Gasteiger partial charge in [0.25, 0.3) is 0 Å². The van der Waals surface area contributed by atoms with Crippen molar-refractivity contribution in [2.24, 2.45) is 5.10 Å². The average Bonchev–Trinajstić information content (AvgIpc) is 2.31. The van der Waals surface area contributed by atoms with Crippen LogP contribution in [0, 0.1) is 0 Å². The molecule has 0 aliphatic carbocycles. The lowest BCUT2D eigenvalue weighted by Gasteiger charge is -2.13. The smallest absolute Gasteiger partial charge is 0.187 e. The lowest BCUT2D eigenvalue weighted by molar-refractivity contribution is 0.179. The van der Waals surface area contributed by atoms with E-state index in [1.165, 1.54) is 0 Å². The third kappa shape index (κ3) is 5.44. The predicted octanol–water partition coefficient (Wildman–Crippen LogP) is 2.17. The van der Waals surface area contributed by atoms with E-state index in [1.54, 1.807) is 19.4 Å². The molecule has 0 aliphatic rings. The number of hydrogen-bond donors (Lipinski definition) is 2. The third-order valence-electron chi connectivity index (χ3n) is 2.07. The van der Waals surface area contributed by atoms with Crippen molar-refractivity contribution in [1.82, 2.24) is 10.7 Å².